The van der Waals surface area contributed by atoms with Crippen LogP contribution in [0.3, 0.4) is 0 Å². The minimum Gasteiger partial charge on any atom is -0.496 e. The van der Waals surface area contributed by atoms with E-state index in [0.29, 0.717) is 0 Å². The lowest BCUT2D eigenvalue weighted by molar-refractivity contribution is 0.416. The fourth-order valence-corrected chi connectivity index (χ4v) is 2.08. The maximum Gasteiger partial charge on any atom is 0.351 e. The first kappa shape index (κ1) is 10.0. The van der Waals surface area contributed by atoms with E-state index in [1.165, 1.54) is 0 Å². The van der Waals surface area contributed by atoms with Crippen molar-refractivity contribution in [3.8, 4) is 17.0 Å². The molecule has 0 atom stereocenters. The smallest absolute Gasteiger partial charge is 0.351 e. The van der Waals surface area contributed by atoms with Gasteiger partial charge in [0.1, 0.15) is 5.75 Å². The molecule has 0 amide bonds. The van der Waals surface area contributed by atoms with Gasteiger partial charge >= 0.3 is 7.55 Å². The van der Waals surface area contributed by atoms with Crippen molar-refractivity contribution in [2.24, 2.45) is 0 Å². The Bertz CT molecular complexity index is 545. The highest BCUT2D eigenvalue weighted by Gasteiger charge is 2.20. The van der Waals surface area contributed by atoms with Crippen LogP contribution in [0.15, 0.2) is 36.5 Å². The predicted octanol–water partition coefficient (Wildman–Crippen LogP) is 1.86. The maximum absolute atomic E-state index is 5.42. The Morgan fingerprint density at radius 3 is 2.88 bits per heavy atom. The van der Waals surface area contributed by atoms with E-state index in [1.54, 1.807) is 13.3 Å². The van der Waals surface area contributed by atoms with Crippen LogP contribution in [0.2, 0.25) is 0 Å². The second-order valence-electron chi connectivity index (χ2n) is 3.81. The Morgan fingerprint density at radius 1 is 1.18 bits per heavy atom. The number of fused-ring (bicyclic) bond motifs is 1. The first-order chi connectivity index (χ1) is 8.40. The molecule has 0 fully saturated rings. The van der Waals surface area contributed by atoms with Gasteiger partial charge in [-0.05, 0) is 24.3 Å². The molecule has 4 nitrogen and oxygen atoms in total. The number of anilines is 2. The maximum atomic E-state index is 5.42. The minimum atomic E-state index is 0.738. The summed E-state index contributed by atoms with van der Waals surface area (Å²) in [6.07, 6.45) is 1.79. The van der Waals surface area contributed by atoms with Gasteiger partial charge in [0.05, 0.1) is 24.1 Å². The van der Waals surface area contributed by atoms with Crippen LogP contribution >= 0.6 is 0 Å². The second-order valence-corrected chi connectivity index (χ2v) is 3.81. The number of ether oxygens (including phenoxy) is 1. The monoisotopic (exact) mass is 225 g/mol. The summed E-state index contributed by atoms with van der Waals surface area (Å²) in [6.45, 7) is 0. The fourth-order valence-electron chi connectivity index (χ4n) is 2.08. The molecule has 1 aromatic heterocycles. The van der Waals surface area contributed by atoms with Crippen molar-refractivity contribution < 1.29 is 4.74 Å². The van der Waals surface area contributed by atoms with E-state index in [9.17, 15) is 0 Å². The number of nitrogens with one attached hydrogen (secondary N) is 2. The zero-order valence-corrected chi connectivity index (χ0v) is 9.53. The van der Waals surface area contributed by atoms with Gasteiger partial charge in [0.25, 0.3) is 0 Å². The molecule has 0 aliphatic carbocycles. The summed E-state index contributed by atoms with van der Waals surface area (Å²) < 4.78 is 5.42. The van der Waals surface area contributed by atoms with Crippen LogP contribution in [-0.4, -0.2) is 19.6 Å². The number of pyridine rings is 1. The molecule has 0 radical (unpaired) electrons. The summed E-state index contributed by atoms with van der Waals surface area (Å²) >= 11 is 0. The quantitative estimate of drug-likeness (QED) is 0.765. The van der Waals surface area contributed by atoms with Gasteiger partial charge in [0, 0.05) is 11.9 Å². The zero-order chi connectivity index (χ0) is 11.7. The third-order valence-corrected chi connectivity index (χ3v) is 2.85. The lowest BCUT2D eigenvalue weighted by Crippen LogP contribution is -2.06. The number of nitrogens with zero attached hydrogens (tertiary/aromatic N) is 1. The van der Waals surface area contributed by atoms with Gasteiger partial charge in [-0.3, -0.25) is 4.98 Å². The van der Waals surface area contributed by atoms with Crippen LogP contribution in [0.1, 0.15) is 0 Å². The summed E-state index contributed by atoms with van der Waals surface area (Å²) in [5, 5.41) is 6.58. The third-order valence-electron chi connectivity index (χ3n) is 2.85. The molecule has 1 aromatic carbocycles. The standard InChI is InChI=1S/C12H12BN3O/c1-17-10-6-5-9-12(16-13-15-9)11(10)8-4-2-3-7-14-8/h2-7,13,15-16H,1H3. The average Bonchev–Trinajstić information content (AvgIpc) is 2.86. The lowest BCUT2D eigenvalue weighted by atomic mass is 10.1. The van der Waals surface area contributed by atoms with E-state index in [1.807, 2.05) is 30.3 Å². The Kier molecular flexibility index (Phi) is 2.36. The summed E-state index contributed by atoms with van der Waals surface area (Å²) in [5.41, 5.74) is 4.07. The number of methoxy groups -OCH3 is 1. The summed E-state index contributed by atoms with van der Waals surface area (Å²) in [6, 6.07) is 9.84. The highest BCUT2D eigenvalue weighted by molar-refractivity contribution is 6.49. The first-order valence-corrected chi connectivity index (χ1v) is 5.50. The summed E-state index contributed by atoms with van der Waals surface area (Å²) in [7, 11) is 2.42. The van der Waals surface area contributed by atoms with E-state index in [-0.39, 0.29) is 0 Å². The average molecular weight is 225 g/mol. The summed E-state index contributed by atoms with van der Waals surface area (Å²) in [5.74, 6) is 0.832. The molecular formula is C12H12BN3O. The molecule has 0 spiro atoms. The van der Waals surface area contributed by atoms with Gasteiger partial charge in [0.2, 0.25) is 0 Å². The summed E-state index contributed by atoms with van der Waals surface area (Å²) in [4.78, 5) is 4.39. The van der Waals surface area contributed by atoms with Gasteiger partial charge in [-0.15, -0.1) is 0 Å². The molecule has 1 aliphatic heterocycles. The lowest BCUT2D eigenvalue weighted by Gasteiger charge is -2.12. The number of hydrogen-bond acceptors (Lipinski definition) is 4. The number of aromatic nitrogens is 1. The van der Waals surface area contributed by atoms with E-state index in [4.69, 9.17) is 4.74 Å². The van der Waals surface area contributed by atoms with Crippen molar-refractivity contribution >= 4 is 18.9 Å². The molecule has 5 heteroatoms. The van der Waals surface area contributed by atoms with Crippen molar-refractivity contribution in [3.63, 3.8) is 0 Å². The highest BCUT2D eigenvalue weighted by atomic mass is 16.5. The number of benzene rings is 1. The van der Waals surface area contributed by atoms with Crippen molar-refractivity contribution in [2.75, 3.05) is 17.6 Å². The molecule has 17 heavy (non-hydrogen) atoms. The molecule has 1 aliphatic rings. The molecule has 2 heterocycles. The van der Waals surface area contributed by atoms with Crippen LogP contribution < -0.4 is 15.2 Å². The van der Waals surface area contributed by atoms with E-state index >= 15 is 0 Å². The van der Waals surface area contributed by atoms with Crippen LogP contribution in [-0.2, 0) is 0 Å². The van der Waals surface area contributed by atoms with Crippen molar-refractivity contribution in [1.29, 1.82) is 0 Å². The molecule has 2 N–H and O–H groups in total. The van der Waals surface area contributed by atoms with Gasteiger partial charge in [0.15, 0.2) is 0 Å². The van der Waals surface area contributed by atoms with Gasteiger partial charge < -0.3 is 15.2 Å². The number of hydrogen-bond donors (Lipinski definition) is 2. The van der Waals surface area contributed by atoms with E-state index < -0.39 is 0 Å². The van der Waals surface area contributed by atoms with Gasteiger partial charge in [-0.1, -0.05) is 6.07 Å². The van der Waals surface area contributed by atoms with Crippen molar-refractivity contribution in [3.05, 3.63) is 36.5 Å². The number of rotatable bonds is 2. The Labute approximate surface area is 100 Å². The molecule has 0 bridgehead atoms. The van der Waals surface area contributed by atoms with Crippen molar-refractivity contribution in [2.45, 2.75) is 0 Å². The molecule has 84 valence electrons. The van der Waals surface area contributed by atoms with Crippen molar-refractivity contribution in [1.82, 2.24) is 4.98 Å². The minimum absolute atomic E-state index is 0.738. The third kappa shape index (κ3) is 1.60. The van der Waals surface area contributed by atoms with Crippen LogP contribution in [0, 0.1) is 0 Å². The zero-order valence-electron chi connectivity index (χ0n) is 9.53. The molecule has 0 saturated heterocycles. The molecule has 0 saturated carbocycles. The highest BCUT2D eigenvalue weighted by Crippen LogP contribution is 2.42. The van der Waals surface area contributed by atoms with E-state index in [2.05, 4.69) is 15.4 Å². The van der Waals surface area contributed by atoms with Gasteiger partial charge in [-0.25, -0.2) is 0 Å². The second kappa shape index (κ2) is 4.01. The van der Waals surface area contributed by atoms with E-state index in [0.717, 1.165) is 35.9 Å². The first-order valence-electron chi connectivity index (χ1n) is 5.50. The molecule has 2 aromatic rings. The normalized spacial score (nSPS) is 12.1. The van der Waals surface area contributed by atoms with Gasteiger partial charge in [-0.2, -0.15) is 0 Å². The van der Waals surface area contributed by atoms with Crippen LogP contribution in [0.4, 0.5) is 11.4 Å². The Morgan fingerprint density at radius 2 is 2.12 bits per heavy atom. The van der Waals surface area contributed by atoms with Crippen LogP contribution in [0.5, 0.6) is 5.75 Å². The Balaban J connectivity index is 2.24. The fraction of sp³-hybridized carbons (Fsp3) is 0.0833. The Hall–Kier alpha value is -2.17. The topological polar surface area (TPSA) is 46.2 Å². The molecule has 3 rings (SSSR count). The molecule has 0 unspecified atom stereocenters. The van der Waals surface area contributed by atoms with Crippen LogP contribution in [0.25, 0.3) is 11.3 Å². The predicted molar refractivity (Wildman–Crippen MR) is 70.6 cm³/mol. The molecular weight excluding hydrogens is 213 g/mol. The SMILES string of the molecule is COc1ccc2c(c1-c1ccccn1)NBN2. The largest absolute Gasteiger partial charge is 0.496 e.